The minimum atomic E-state index is 0.656. The van der Waals surface area contributed by atoms with Gasteiger partial charge >= 0.3 is 0 Å². The lowest BCUT2D eigenvalue weighted by Crippen LogP contribution is -2.15. The summed E-state index contributed by atoms with van der Waals surface area (Å²) in [6, 6.07) is 60.2. The fraction of sp³-hybridized carbons (Fsp3) is 0. The van der Waals surface area contributed by atoms with Crippen molar-refractivity contribution in [2.24, 2.45) is 0 Å². The molecular weight excluding hydrogens is 627 g/mol. The Morgan fingerprint density at radius 3 is 1.61 bits per heavy atom. The summed E-state index contributed by atoms with van der Waals surface area (Å²) < 4.78 is 12.6. The third-order valence-corrected chi connectivity index (χ3v) is 9.49. The first-order valence-corrected chi connectivity index (χ1v) is 17.0. The first-order chi connectivity index (χ1) is 25.2. The summed E-state index contributed by atoms with van der Waals surface area (Å²) in [5, 5.41) is 2.12. The number of hydrogen-bond acceptors (Lipinski definition) is 5. The monoisotopic (exact) mass is 655 g/mol. The maximum Gasteiger partial charge on any atom is 0.160 e. The third kappa shape index (κ3) is 5.11. The van der Waals surface area contributed by atoms with Crippen LogP contribution in [0.5, 0.6) is 11.5 Å². The van der Waals surface area contributed by atoms with Crippen molar-refractivity contribution in [3.05, 3.63) is 176 Å². The van der Waals surface area contributed by atoms with Crippen LogP contribution in [-0.4, -0.2) is 9.97 Å². The zero-order chi connectivity index (χ0) is 33.7. The lowest BCUT2D eigenvalue weighted by molar-refractivity contribution is 0.477. The number of benzene rings is 7. The second kappa shape index (κ2) is 11.9. The van der Waals surface area contributed by atoms with Gasteiger partial charge in [-0.15, -0.1) is 0 Å². The molecule has 10 rings (SSSR count). The highest BCUT2D eigenvalue weighted by Crippen LogP contribution is 2.50. The van der Waals surface area contributed by atoms with Crippen LogP contribution < -0.4 is 9.64 Å². The predicted molar refractivity (Wildman–Crippen MR) is 206 cm³/mol. The molecule has 0 saturated carbocycles. The van der Waals surface area contributed by atoms with Gasteiger partial charge in [0.2, 0.25) is 0 Å². The highest BCUT2D eigenvalue weighted by atomic mass is 16.5. The Labute approximate surface area is 294 Å². The Morgan fingerprint density at radius 1 is 0.392 bits per heavy atom. The Bertz CT molecular complexity index is 2620. The molecule has 51 heavy (non-hydrogen) atoms. The Kier molecular flexibility index (Phi) is 6.74. The predicted octanol–water partition coefficient (Wildman–Crippen LogP) is 12.6. The lowest BCUT2D eigenvalue weighted by Gasteiger charge is -2.32. The van der Waals surface area contributed by atoms with Crippen molar-refractivity contribution in [3.8, 4) is 56.5 Å². The molecular formula is C46H29N3O2. The topological polar surface area (TPSA) is 51.4 Å². The molecule has 0 spiro atoms. The molecule has 0 unspecified atom stereocenters. The average molecular weight is 656 g/mol. The molecule has 3 heterocycles. The number of fused-ring (bicyclic) bond motifs is 5. The van der Waals surface area contributed by atoms with Crippen molar-refractivity contribution in [3.63, 3.8) is 0 Å². The van der Waals surface area contributed by atoms with E-state index in [-0.39, 0.29) is 0 Å². The highest BCUT2D eigenvalue weighted by molar-refractivity contribution is 6.07. The molecule has 9 aromatic rings. The molecule has 1 aliphatic rings. The van der Waals surface area contributed by atoms with Crippen LogP contribution in [0.25, 0.3) is 67.0 Å². The van der Waals surface area contributed by atoms with Crippen molar-refractivity contribution in [1.82, 2.24) is 9.97 Å². The quantitative estimate of drug-likeness (QED) is 0.185. The molecule has 0 radical (unpaired) electrons. The van der Waals surface area contributed by atoms with Crippen molar-refractivity contribution in [1.29, 1.82) is 0 Å². The van der Waals surface area contributed by atoms with E-state index in [0.717, 1.165) is 89.7 Å². The van der Waals surface area contributed by atoms with Gasteiger partial charge in [0, 0.05) is 33.2 Å². The summed E-state index contributed by atoms with van der Waals surface area (Å²) in [6.45, 7) is 0. The minimum absolute atomic E-state index is 0.656. The third-order valence-electron chi connectivity index (χ3n) is 9.49. The van der Waals surface area contributed by atoms with E-state index in [4.69, 9.17) is 19.1 Å². The SMILES string of the molecule is c1ccc(-c2cc(-c3ccccc3)nc(-c3ccc4c(c3)oc3ccc(-c5ccc(N6c7ccccc7Oc7ccccc76)cc5)cc34)n2)cc1. The van der Waals surface area contributed by atoms with E-state index < -0.39 is 0 Å². The molecule has 0 saturated heterocycles. The number of hydrogen-bond donors (Lipinski definition) is 0. The highest BCUT2D eigenvalue weighted by Gasteiger charge is 2.25. The maximum absolute atomic E-state index is 6.43. The first kappa shape index (κ1) is 29.0. The van der Waals surface area contributed by atoms with Gasteiger partial charge < -0.3 is 14.1 Å². The van der Waals surface area contributed by atoms with Crippen LogP contribution in [0.1, 0.15) is 0 Å². The molecule has 240 valence electrons. The van der Waals surface area contributed by atoms with Gasteiger partial charge in [-0.3, -0.25) is 0 Å². The smallest absolute Gasteiger partial charge is 0.160 e. The van der Waals surface area contributed by atoms with Crippen LogP contribution in [0, 0.1) is 0 Å². The van der Waals surface area contributed by atoms with Gasteiger partial charge in [0.15, 0.2) is 17.3 Å². The standard InChI is InChI=1S/C46H29N3O2/c1-3-11-31(12-4-1)38-29-39(32-13-5-2-6-14-32)48-46(47-38)34-21-25-36-37-27-33(22-26-42(37)50-45(36)28-34)30-19-23-35(24-20-30)49-40-15-7-9-17-43(40)51-44-18-10-8-16-41(44)49/h1-29H. The van der Waals surface area contributed by atoms with Crippen LogP contribution in [0.15, 0.2) is 180 Å². The summed E-state index contributed by atoms with van der Waals surface area (Å²) in [5.41, 5.74) is 11.7. The molecule has 5 heteroatoms. The van der Waals surface area contributed by atoms with E-state index in [0.29, 0.717) is 5.82 Å². The van der Waals surface area contributed by atoms with Gasteiger partial charge in [-0.2, -0.15) is 0 Å². The van der Waals surface area contributed by atoms with Crippen molar-refractivity contribution in [2.75, 3.05) is 4.90 Å². The molecule has 0 N–H and O–H groups in total. The summed E-state index contributed by atoms with van der Waals surface area (Å²) in [7, 11) is 0. The maximum atomic E-state index is 6.43. The van der Waals surface area contributed by atoms with E-state index in [1.165, 1.54) is 0 Å². The molecule has 5 nitrogen and oxygen atoms in total. The molecule has 2 aromatic heterocycles. The van der Waals surface area contributed by atoms with Gasteiger partial charge in [0.05, 0.1) is 22.8 Å². The fourth-order valence-corrected chi connectivity index (χ4v) is 6.97. The van der Waals surface area contributed by atoms with Gasteiger partial charge in [0.25, 0.3) is 0 Å². The second-order valence-corrected chi connectivity index (χ2v) is 12.6. The molecule has 7 aromatic carbocycles. The zero-order valence-electron chi connectivity index (χ0n) is 27.4. The van der Waals surface area contributed by atoms with Gasteiger partial charge in [-0.1, -0.05) is 109 Å². The van der Waals surface area contributed by atoms with E-state index in [1.54, 1.807) is 0 Å². The van der Waals surface area contributed by atoms with Gasteiger partial charge in [-0.05, 0) is 77.9 Å². The van der Waals surface area contributed by atoms with Crippen molar-refractivity contribution >= 4 is 39.0 Å². The molecule has 0 atom stereocenters. The molecule has 0 aliphatic carbocycles. The van der Waals surface area contributed by atoms with E-state index in [1.807, 2.05) is 72.8 Å². The summed E-state index contributed by atoms with van der Waals surface area (Å²) in [6.07, 6.45) is 0. The van der Waals surface area contributed by atoms with Crippen molar-refractivity contribution < 1.29 is 9.15 Å². The molecule has 0 bridgehead atoms. The molecule has 0 fully saturated rings. The van der Waals surface area contributed by atoms with Crippen molar-refractivity contribution in [2.45, 2.75) is 0 Å². The zero-order valence-corrected chi connectivity index (χ0v) is 27.4. The number of nitrogens with zero attached hydrogens (tertiary/aromatic N) is 3. The van der Waals surface area contributed by atoms with E-state index in [9.17, 15) is 0 Å². The minimum Gasteiger partial charge on any atom is -0.456 e. The normalized spacial score (nSPS) is 12.0. The van der Waals surface area contributed by atoms with Crippen LogP contribution in [0.2, 0.25) is 0 Å². The van der Waals surface area contributed by atoms with Crippen LogP contribution >= 0.6 is 0 Å². The number of furan rings is 1. The lowest BCUT2D eigenvalue weighted by atomic mass is 10.0. The number of para-hydroxylation sites is 4. The largest absolute Gasteiger partial charge is 0.456 e. The number of rotatable bonds is 5. The van der Waals surface area contributed by atoms with E-state index >= 15 is 0 Å². The summed E-state index contributed by atoms with van der Waals surface area (Å²) >= 11 is 0. The number of aromatic nitrogens is 2. The Morgan fingerprint density at radius 2 is 0.961 bits per heavy atom. The van der Waals surface area contributed by atoms with Gasteiger partial charge in [-0.25, -0.2) is 9.97 Å². The summed E-state index contributed by atoms with van der Waals surface area (Å²) in [5.74, 6) is 2.34. The summed E-state index contributed by atoms with van der Waals surface area (Å²) in [4.78, 5) is 12.3. The Hall–Kier alpha value is -6.98. The number of anilines is 3. The first-order valence-electron chi connectivity index (χ1n) is 17.0. The van der Waals surface area contributed by atoms with Crippen LogP contribution in [0.4, 0.5) is 17.1 Å². The number of ether oxygens (including phenoxy) is 1. The molecule has 0 amide bonds. The van der Waals surface area contributed by atoms with Gasteiger partial charge in [0.1, 0.15) is 11.2 Å². The van der Waals surface area contributed by atoms with Crippen LogP contribution in [-0.2, 0) is 0 Å². The second-order valence-electron chi connectivity index (χ2n) is 12.6. The van der Waals surface area contributed by atoms with E-state index in [2.05, 4.69) is 108 Å². The Balaban J connectivity index is 1.01. The molecule has 1 aliphatic heterocycles. The fourth-order valence-electron chi connectivity index (χ4n) is 6.97. The van der Waals surface area contributed by atoms with Crippen LogP contribution in [0.3, 0.4) is 0 Å². The average Bonchev–Trinajstić information content (AvgIpc) is 3.58.